The molecular formula is C39H78N2O6P+. The van der Waals surface area contributed by atoms with E-state index in [1.807, 2.05) is 21.1 Å². The topological polar surface area (TPSA) is 105 Å². The zero-order valence-corrected chi connectivity index (χ0v) is 32.9. The van der Waals surface area contributed by atoms with E-state index in [9.17, 15) is 19.4 Å². The van der Waals surface area contributed by atoms with Crippen molar-refractivity contribution in [2.45, 2.75) is 180 Å². The first-order chi connectivity index (χ1) is 23.0. The van der Waals surface area contributed by atoms with Crippen molar-refractivity contribution in [3.63, 3.8) is 0 Å². The van der Waals surface area contributed by atoms with Gasteiger partial charge in [0.2, 0.25) is 5.91 Å². The minimum Gasteiger partial charge on any atom is -0.391 e. The third-order valence-corrected chi connectivity index (χ3v) is 9.66. The first-order valence-electron chi connectivity index (χ1n) is 19.7. The van der Waals surface area contributed by atoms with Crippen LogP contribution in [0.3, 0.4) is 0 Å². The van der Waals surface area contributed by atoms with Crippen LogP contribution in [0.2, 0.25) is 0 Å². The molecule has 8 nitrogen and oxygen atoms in total. The van der Waals surface area contributed by atoms with Crippen LogP contribution >= 0.6 is 7.82 Å². The molecule has 284 valence electrons. The highest BCUT2D eigenvalue weighted by Crippen LogP contribution is 2.43. The van der Waals surface area contributed by atoms with Crippen molar-refractivity contribution in [1.82, 2.24) is 5.32 Å². The van der Waals surface area contributed by atoms with Crippen LogP contribution < -0.4 is 5.32 Å². The summed E-state index contributed by atoms with van der Waals surface area (Å²) in [5, 5.41) is 13.8. The molecule has 48 heavy (non-hydrogen) atoms. The number of hydrogen-bond acceptors (Lipinski definition) is 5. The average Bonchev–Trinajstić information content (AvgIpc) is 3.02. The quantitative estimate of drug-likeness (QED) is 0.0263. The molecule has 0 rings (SSSR count). The number of carbonyl (C=O) groups is 1. The predicted molar refractivity (Wildman–Crippen MR) is 203 cm³/mol. The Morgan fingerprint density at radius 1 is 0.688 bits per heavy atom. The highest BCUT2D eigenvalue weighted by atomic mass is 31.2. The lowest BCUT2D eigenvalue weighted by molar-refractivity contribution is -0.870. The molecule has 9 heteroatoms. The normalized spacial score (nSPS) is 14.9. The van der Waals surface area contributed by atoms with E-state index in [0.29, 0.717) is 23.9 Å². The van der Waals surface area contributed by atoms with Gasteiger partial charge in [-0.2, -0.15) is 0 Å². The Balaban J connectivity index is 4.48. The van der Waals surface area contributed by atoms with E-state index in [2.05, 4.69) is 43.5 Å². The van der Waals surface area contributed by atoms with Gasteiger partial charge >= 0.3 is 7.82 Å². The number of quaternary nitrogens is 1. The van der Waals surface area contributed by atoms with Crippen LogP contribution in [0.15, 0.2) is 24.3 Å². The van der Waals surface area contributed by atoms with E-state index in [1.54, 1.807) is 0 Å². The number of nitrogens with zero attached hydrogens (tertiary/aromatic N) is 1. The molecule has 3 N–H and O–H groups in total. The van der Waals surface area contributed by atoms with E-state index in [4.69, 9.17) is 9.05 Å². The third-order valence-electron chi connectivity index (χ3n) is 8.67. The summed E-state index contributed by atoms with van der Waals surface area (Å²) in [6.45, 7) is 4.81. The van der Waals surface area contributed by atoms with E-state index >= 15 is 0 Å². The first-order valence-corrected chi connectivity index (χ1v) is 21.2. The number of likely N-dealkylation sites (N-methyl/N-ethyl adjacent to an activating group) is 1. The van der Waals surface area contributed by atoms with Crippen LogP contribution in [0.1, 0.15) is 168 Å². The molecule has 0 saturated carbocycles. The summed E-state index contributed by atoms with van der Waals surface area (Å²) in [6, 6.07) is -0.776. The molecule has 1 unspecified atom stereocenters. The monoisotopic (exact) mass is 702 g/mol. The van der Waals surface area contributed by atoms with Gasteiger partial charge in [-0.05, 0) is 64.2 Å². The summed E-state index contributed by atoms with van der Waals surface area (Å²) in [7, 11) is 1.59. The lowest BCUT2D eigenvalue weighted by atomic mass is 10.0. The van der Waals surface area contributed by atoms with Crippen LogP contribution in [-0.2, 0) is 18.4 Å². The fourth-order valence-corrected chi connectivity index (χ4v) is 6.18. The van der Waals surface area contributed by atoms with Gasteiger partial charge in [-0.3, -0.25) is 13.8 Å². The Bertz CT molecular complexity index is 845. The number of rotatable bonds is 35. The van der Waals surface area contributed by atoms with Crippen molar-refractivity contribution in [2.75, 3.05) is 40.9 Å². The number of allylic oxidation sites excluding steroid dienone is 4. The Morgan fingerprint density at radius 2 is 1.12 bits per heavy atom. The van der Waals surface area contributed by atoms with Crippen LogP contribution in [-0.4, -0.2) is 73.4 Å². The highest BCUT2D eigenvalue weighted by Gasteiger charge is 2.28. The molecule has 0 bridgehead atoms. The summed E-state index contributed by atoms with van der Waals surface area (Å²) < 4.78 is 23.5. The number of nitrogens with one attached hydrogen (secondary N) is 1. The number of hydrogen-bond donors (Lipinski definition) is 3. The zero-order valence-electron chi connectivity index (χ0n) is 32.0. The molecule has 0 heterocycles. The second-order valence-electron chi connectivity index (χ2n) is 14.6. The van der Waals surface area contributed by atoms with Gasteiger partial charge in [0.25, 0.3) is 0 Å². The molecule has 0 aliphatic carbocycles. The fourth-order valence-electron chi connectivity index (χ4n) is 5.44. The molecule has 0 aliphatic rings. The van der Waals surface area contributed by atoms with Gasteiger partial charge in [-0.25, -0.2) is 4.57 Å². The van der Waals surface area contributed by atoms with Crippen LogP contribution in [0.25, 0.3) is 0 Å². The third kappa shape index (κ3) is 33.5. The van der Waals surface area contributed by atoms with Crippen molar-refractivity contribution in [2.24, 2.45) is 0 Å². The first kappa shape index (κ1) is 47.0. The van der Waals surface area contributed by atoms with Crippen LogP contribution in [0, 0.1) is 0 Å². The summed E-state index contributed by atoms with van der Waals surface area (Å²) in [5.74, 6) is -0.166. The number of phosphoric acid groups is 1. The molecule has 0 radical (unpaired) electrons. The molecule has 0 aromatic rings. The smallest absolute Gasteiger partial charge is 0.391 e. The Kier molecular flexibility index (Phi) is 31.2. The van der Waals surface area contributed by atoms with Crippen molar-refractivity contribution < 1.29 is 32.9 Å². The Labute approximate surface area is 296 Å². The SMILES string of the molecule is CCCCCCC/C=C/CCCC[C@@H](O)[C@H](COP(=O)(O)OCC[N+](C)(C)C)NC(=O)CCCCCCC/C=C/CCCCCCCC. The summed E-state index contributed by atoms with van der Waals surface area (Å²) in [5.41, 5.74) is 0. The van der Waals surface area contributed by atoms with E-state index < -0.39 is 20.0 Å². The number of unbranched alkanes of at least 4 members (excludes halogenated alkanes) is 18. The molecule has 0 spiro atoms. The molecule has 0 aromatic carbocycles. The number of aliphatic hydroxyl groups is 1. The Morgan fingerprint density at radius 3 is 1.60 bits per heavy atom. The number of carbonyl (C=O) groups excluding carboxylic acids is 1. The molecule has 1 amide bonds. The van der Waals surface area contributed by atoms with Gasteiger partial charge in [-0.15, -0.1) is 0 Å². The van der Waals surface area contributed by atoms with E-state index in [1.165, 1.54) is 83.5 Å². The summed E-state index contributed by atoms with van der Waals surface area (Å²) in [6.07, 6.45) is 34.9. The van der Waals surface area contributed by atoms with E-state index in [0.717, 1.165) is 57.8 Å². The summed E-state index contributed by atoms with van der Waals surface area (Å²) >= 11 is 0. The number of amides is 1. The molecule has 0 saturated heterocycles. The lowest BCUT2D eigenvalue weighted by Gasteiger charge is -2.26. The predicted octanol–water partition coefficient (Wildman–Crippen LogP) is 10.2. The largest absolute Gasteiger partial charge is 0.472 e. The molecule has 3 atom stereocenters. The van der Waals surface area contributed by atoms with E-state index in [-0.39, 0.29) is 19.1 Å². The minimum atomic E-state index is -4.31. The maximum atomic E-state index is 12.8. The average molecular weight is 702 g/mol. The molecule has 0 aromatic heterocycles. The number of phosphoric ester groups is 1. The Hall–Kier alpha value is -1.02. The van der Waals surface area contributed by atoms with Crippen molar-refractivity contribution in [1.29, 1.82) is 0 Å². The minimum absolute atomic E-state index is 0.0681. The van der Waals surface area contributed by atoms with Crippen LogP contribution in [0.5, 0.6) is 0 Å². The second kappa shape index (κ2) is 31.9. The maximum absolute atomic E-state index is 12.8. The zero-order chi connectivity index (χ0) is 35.8. The molecule has 0 aliphatic heterocycles. The lowest BCUT2D eigenvalue weighted by Crippen LogP contribution is -2.46. The van der Waals surface area contributed by atoms with Crippen molar-refractivity contribution in [3.8, 4) is 0 Å². The number of aliphatic hydroxyl groups excluding tert-OH is 1. The fraction of sp³-hybridized carbons (Fsp3) is 0.872. The standard InChI is InChI=1S/C39H77N2O6P/c1-6-8-10-12-14-16-18-19-20-21-23-25-27-29-31-33-39(43)40-37(36-47-48(44,45)46-35-34-41(3,4)5)38(42)32-30-28-26-24-22-17-15-13-11-9-7-2/h19-20,22,24,37-38,42H,6-18,21,23,25-36H2,1-5H3,(H-,40,43,44,45)/p+1/b20-19+,24-22+/t37-,38+/m0/s1. The molecule has 0 fully saturated rings. The van der Waals surface area contributed by atoms with Crippen LogP contribution in [0.4, 0.5) is 0 Å². The highest BCUT2D eigenvalue weighted by molar-refractivity contribution is 7.47. The van der Waals surface area contributed by atoms with Crippen molar-refractivity contribution >= 4 is 13.7 Å². The van der Waals surface area contributed by atoms with Crippen molar-refractivity contribution in [3.05, 3.63) is 24.3 Å². The maximum Gasteiger partial charge on any atom is 0.472 e. The van der Waals surface area contributed by atoms with Gasteiger partial charge in [0.15, 0.2) is 0 Å². The van der Waals surface area contributed by atoms with Gasteiger partial charge in [-0.1, -0.05) is 122 Å². The van der Waals surface area contributed by atoms with Gasteiger partial charge in [0.1, 0.15) is 13.2 Å². The molecular weight excluding hydrogens is 623 g/mol. The second-order valence-corrected chi connectivity index (χ2v) is 16.1. The van der Waals surface area contributed by atoms with Gasteiger partial charge in [0, 0.05) is 6.42 Å². The van der Waals surface area contributed by atoms with Gasteiger partial charge in [0.05, 0.1) is 39.9 Å². The summed E-state index contributed by atoms with van der Waals surface area (Å²) in [4.78, 5) is 23.0. The van der Waals surface area contributed by atoms with Gasteiger partial charge < -0.3 is 19.8 Å².